The molecule has 1 aliphatic heterocycles. The molecule has 1 saturated heterocycles. The zero-order valence-electron chi connectivity index (χ0n) is 6.66. The SMILES string of the molecule is CN1CC[N]CC(C(=O)O)C1. The van der Waals surface area contributed by atoms with Crippen molar-refractivity contribution in [3.63, 3.8) is 0 Å². The maximum absolute atomic E-state index is 10.6. The summed E-state index contributed by atoms with van der Waals surface area (Å²) >= 11 is 0. The van der Waals surface area contributed by atoms with E-state index in [0.29, 0.717) is 13.1 Å². The van der Waals surface area contributed by atoms with E-state index in [0.717, 1.165) is 13.1 Å². The summed E-state index contributed by atoms with van der Waals surface area (Å²) in [6.07, 6.45) is 0. The lowest BCUT2D eigenvalue weighted by atomic mass is 10.1. The van der Waals surface area contributed by atoms with Crippen LogP contribution in [0.15, 0.2) is 0 Å². The standard InChI is InChI=1S/C7H13N2O2/c1-9-3-2-8-4-6(5-9)7(10)11/h6H,2-5H2,1H3,(H,10,11). The van der Waals surface area contributed by atoms with Crippen molar-refractivity contribution >= 4 is 5.97 Å². The van der Waals surface area contributed by atoms with Crippen LogP contribution in [0.2, 0.25) is 0 Å². The lowest BCUT2D eigenvalue weighted by Crippen LogP contribution is -2.30. The van der Waals surface area contributed by atoms with Gasteiger partial charge in [-0.3, -0.25) is 4.79 Å². The summed E-state index contributed by atoms with van der Waals surface area (Å²) < 4.78 is 0. The van der Waals surface area contributed by atoms with Crippen LogP contribution in [0.5, 0.6) is 0 Å². The summed E-state index contributed by atoms with van der Waals surface area (Å²) in [5.74, 6) is -1.04. The van der Waals surface area contributed by atoms with Crippen molar-refractivity contribution < 1.29 is 9.90 Å². The van der Waals surface area contributed by atoms with E-state index in [1.54, 1.807) is 0 Å². The Labute approximate surface area is 66.2 Å². The molecule has 0 aromatic carbocycles. The van der Waals surface area contributed by atoms with Gasteiger partial charge in [0.05, 0.1) is 5.92 Å². The van der Waals surface area contributed by atoms with E-state index in [2.05, 4.69) is 5.32 Å². The molecule has 1 heterocycles. The summed E-state index contributed by atoms with van der Waals surface area (Å²) in [6.45, 7) is 2.74. The highest BCUT2D eigenvalue weighted by atomic mass is 16.4. The minimum atomic E-state index is -0.734. The molecule has 1 unspecified atom stereocenters. The maximum Gasteiger partial charge on any atom is 0.309 e. The monoisotopic (exact) mass is 157 g/mol. The maximum atomic E-state index is 10.6. The fourth-order valence-electron chi connectivity index (χ4n) is 1.17. The minimum Gasteiger partial charge on any atom is -0.481 e. The van der Waals surface area contributed by atoms with Crippen LogP contribution in [-0.4, -0.2) is 49.2 Å². The number of rotatable bonds is 1. The molecule has 0 amide bonds. The Hall–Kier alpha value is -0.610. The number of carboxylic acids is 1. The highest BCUT2D eigenvalue weighted by Crippen LogP contribution is 2.01. The predicted molar refractivity (Wildman–Crippen MR) is 40.5 cm³/mol. The second kappa shape index (κ2) is 3.69. The molecule has 1 atom stereocenters. The first-order chi connectivity index (χ1) is 5.20. The summed E-state index contributed by atoms with van der Waals surface area (Å²) in [5.41, 5.74) is 0. The normalized spacial score (nSPS) is 27.9. The first kappa shape index (κ1) is 8.49. The van der Waals surface area contributed by atoms with Crippen molar-refractivity contribution in [3.05, 3.63) is 0 Å². The van der Waals surface area contributed by atoms with E-state index >= 15 is 0 Å². The molecule has 4 heteroatoms. The van der Waals surface area contributed by atoms with Gasteiger partial charge in [0.1, 0.15) is 0 Å². The van der Waals surface area contributed by atoms with E-state index in [1.807, 2.05) is 11.9 Å². The van der Waals surface area contributed by atoms with Crippen molar-refractivity contribution in [2.75, 3.05) is 33.2 Å². The van der Waals surface area contributed by atoms with E-state index in [4.69, 9.17) is 5.11 Å². The molecule has 0 bridgehead atoms. The van der Waals surface area contributed by atoms with E-state index in [1.165, 1.54) is 0 Å². The molecule has 0 aliphatic carbocycles. The number of hydrogen-bond acceptors (Lipinski definition) is 2. The van der Waals surface area contributed by atoms with Crippen LogP contribution in [0.3, 0.4) is 0 Å². The summed E-state index contributed by atoms with van der Waals surface area (Å²) in [5, 5.41) is 12.8. The van der Waals surface area contributed by atoms with Crippen molar-refractivity contribution in [2.24, 2.45) is 5.92 Å². The van der Waals surface area contributed by atoms with Gasteiger partial charge >= 0.3 is 5.97 Å². The second-order valence-electron chi connectivity index (χ2n) is 2.93. The van der Waals surface area contributed by atoms with Gasteiger partial charge in [0.15, 0.2) is 0 Å². The minimum absolute atomic E-state index is 0.303. The molecule has 0 aromatic heterocycles. The summed E-state index contributed by atoms with van der Waals surface area (Å²) in [4.78, 5) is 12.6. The second-order valence-corrected chi connectivity index (χ2v) is 2.93. The van der Waals surface area contributed by atoms with Gasteiger partial charge in [-0.15, -0.1) is 0 Å². The quantitative estimate of drug-likeness (QED) is 0.544. The Kier molecular flexibility index (Phi) is 2.84. The smallest absolute Gasteiger partial charge is 0.309 e. The lowest BCUT2D eigenvalue weighted by molar-refractivity contribution is -0.141. The molecule has 63 valence electrons. The van der Waals surface area contributed by atoms with Crippen molar-refractivity contribution in [3.8, 4) is 0 Å². The van der Waals surface area contributed by atoms with Crippen LogP contribution in [0.4, 0.5) is 0 Å². The van der Waals surface area contributed by atoms with Crippen LogP contribution >= 0.6 is 0 Å². The Morgan fingerprint density at radius 3 is 3.09 bits per heavy atom. The summed E-state index contributed by atoms with van der Waals surface area (Å²) in [6, 6.07) is 0. The van der Waals surface area contributed by atoms with Gasteiger partial charge in [-0.2, -0.15) is 0 Å². The third-order valence-electron chi connectivity index (χ3n) is 1.87. The van der Waals surface area contributed by atoms with Crippen LogP contribution < -0.4 is 5.32 Å². The number of carboxylic acid groups (broad SMARTS) is 1. The Morgan fingerprint density at radius 2 is 2.45 bits per heavy atom. The van der Waals surface area contributed by atoms with Gasteiger partial charge < -0.3 is 10.0 Å². The highest BCUT2D eigenvalue weighted by molar-refractivity contribution is 5.70. The van der Waals surface area contributed by atoms with Gasteiger partial charge in [-0.25, -0.2) is 5.32 Å². The first-order valence-corrected chi connectivity index (χ1v) is 3.75. The molecule has 0 saturated carbocycles. The topological polar surface area (TPSA) is 54.6 Å². The third-order valence-corrected chi connectivity index (χ3v) is 1.87. The van der Waals surface area contributed by atoms with Crippen LogP contribution in [-0.2, 0) is 4.79 Å². The molecule has 1 radical (unpaired) electrons. The van der Waals surface area contributed by atoms with Crippen molar-refractivity contribution in [2.45, 2.75) is 0 Å². The molecular weight excluding hydrogens is 144 g/mol. The van der Waals surface area contributed by atoms with Gasteiger partial charge in [0.25, 0.3) is 0 Å². The average molecular weight is 157 g/mol. The predicted octanol–water partition coefficient (Wildman–Crippen LogP) is -0.763. The van der Waals surface area contributed by atoms with Crippen LogP contribution in [0.1, 0.15) is 0 Å². The average Bonchev–Trinajstić information content (AvgIpc) is 2.13. The number of nitrogens with zero attached hydrogens (tertiary/aromatic N) is 2. The number of carbonyl (C=O) groups is 1. The Morgan fingerprint density at radius 1 is 1.73 bits per heavy atom. The Balaban J connectivity index is 2.45. The summed E-state index contributed by atoms with van der Waals surface area (Å²) in [7, 11) is 1.93. The molecule has 1 N–H and O–H groups in total. The van der Waals surface area contributed by atoms with Gasteiger partial charge in [0.2, 0.25) is 0 Å². The molecule has 1 aliphatic rings. The van der Waals surface area contributed by atoms with Crippen molar-refractivity contribution in [1.82, 2.24) is 10.2 Å². The Bertz CT molecular complexity index is 149. The molecule has 0 spiro atoms. The molecule has 1 fully saturated rings. The van der Waals surface area contributed by atoms with Gasteiger partial charge in [-0.05, 0) is 7.05 Å². The fraction of sp³-hybridized carbons (Fsp3) is 0.857. The fourth-order valence-corrected chi connectivity index (χ4v) is 1.17. The third kappa shape index (κ3) is 2.48. The molecular formula is C7H13N2O2. The van der Waals surface area contributed by atoms with E-state index in [-0.39, 0.29) is 5.92 Å². The lowest BCUT2D eigenvalue weighted by Gasteiger charge is -2.14. The van der Waals surface area contributed by atoms with Gasteiger partial charge in [-0.1, -0.05) is 0 Å². The number of hydrogen-bond donors (Lipinski definition) is 1. The highest BCUT2D eigenvalue weighted by Gasteiger charge is 2.21. The molecule has 1 rings (SSSR count). The number of aliphatic carboxylic acids is 1. The van der Waals surface area contributed by atoms with Crippen molar-refractivity contribution in [1.29, 1.82) is 0 Å². The number of likely N-dealkylation sites (N-methyl/N-ethyl adjacent to an activating group) is 1. The van der Waals surface area contributed by atoms with E-state index in [9.17, 15) is 4.79 Å². The zero-order chi connectivity index (χ0) is 8.27. The zero-order valence-corrected chi connectivity index (χ0v) is 6.66. The van der Waals surface area contributed by atoms with E-state index < -0.39 is 5.97 Å². The van der Waals surface area contributed by atoms with Crippen LogP contribution in [0, 0.1) is 5.92 Å². The largest absolute Gasteiger partial charge is 0.481 e. The van der Waals surface area contributed by atoms with Gasteiger partial charge in [0, 0.05) is 26.2 Å². The first-order valence-electron chi connectivity index (χ1n) is 3.75. The van der Waals surface area contributed by atoms with Crippen LogP contribution in [0.25, 0.3) is 0 Å². The molecule has 4 nitrogen and oxygen atoms in total. The molecule has 11 heavy (non-hydrogen) atoms. The molecule has 0 aromatic rings.